The maximum absolute atomic E-state index is 13.1. The summed E-state index contributed by atoms with van der Waals surface area (Å²) in [5, 5.41) is 0. The van der Waals surface area contributed by atoms with Crippen molar-refractivity contribution in [1.29, 1.82) is 0 Å². The average Bonchev–Trinajstić information content (AvgIpc) is 3.58. The Labute approximate surface area is 229 Å². The van der Waals surface area contributed by atoms with Crippen LogP contribution in [0.4, 0.5) is 19.0 Å². The molecule has 39 heavy (non-hydrogen) atoms. The Balaban J connectivity index is 0.000000530. The van der Waals surface area contributed by atoms with Crippen LogP contribution in [0.2, 0.25) is 0 Å². The van der Waals surface area contributed by atoms with E-state index in [0.717, 1.165) is 72.8 Å². The molecule has 4 aromatic rings. The minimum absolute atomic E-state index is 0.370. The number of anilines is 1. The van der Waals surface area contributed by atoms with Crippen LogP contribution in [0.1, 0.15) is 76.0 Å². The second kappa shape index (κ2) is 13.1. The van der Waals surface area contributed by atoms with Gasteiger partial charge in [0.25, 0.3) is 0 Å². The number of imidazole rings is 1. The molecule has 208 valence electrons. The van der Waals surface area contributed by atoms with Crippen molar-refractivity contribution in [1.82, 2.24) is 19.5 Å². The molecule has 1 saturated heterocycles. The van der Waals surface area contributed by atoms with Gasteiger partial charge in [0.05, 0.1) is 5.56 Å². The second-order valence-corrected chi connectivity index (χ2v) is 9.75. The van der Waals surface area contributed by atoms with Crippen LogP contribution in [0.5, 0.6) is 0 Å². The van der Waals surface area contributed by atoms with Crippen LogP contribution >= 0.6 is 0 Å². The molecule has 2 aromatic carbocycles. The first kappa shape index (κ1) is 28.6. The summed E-state index contributed by atoms with van der Waals surface area (Å²) >= 11 is 0. The molecule has 0 radical (unpaired) electrons. The van der Waals surface area contributed by atoms with Crippen molar-refractivity contribution >= 4 is 17.0 Å². The third kappa shape index (κ3) is 6.78. The largest absolute Gasteiger partial charge is 0.416 e. The second-order valence-electron chi connectivity index (χ2n) is 9.75. The number of hydrogen-bond donors (Lipinski definition) is 0. The first-order valence-electron chi connectivity index (χ1n) is 14.2. The molecule has 0 atom stereocenters. The molecule has 8 heteroatoms. The Kier molecular flexibility index (Phi) is 9.59. The van der Waals surface area contributed by atoms with E-state index in [1.807, 2.05) is 30.5 Å². The Morgan fingerprint density at radius 3 is 2.08 bits per heavy atom. The number of alkyl halides is 3. The van der Waals surface area contributed by atoms with Gasteiger partial charge in [-0.2, -0.15) is 13.2 Å². The van der Waals surface area contributed by atoms with Crippen LogP contribution in [0.25, 0.3) is 22.6 Å². The fraction of sp³-hybridized carbons (Fsp3) is 0.452. The van der Waals surface area contributed by atoms with Crippen LogP contribution < -0.4 is 4.90 Å². The zero-order chi connectivity index (χ0) is 27.8. The van der Waals surface area contributed by atoms with Gasteiger partial charge >= 0.3 is 6.18 Å². The van der Waals surface area contributed by atoms with Gasteiger partial charge in [-0.25, -0.2) is 15.0 Å². The number of aryl methyl sites for hydroxylation is 1. The molecule has 2 aromatic heterocycles. The van der Waals surface area contributed by atoms with E-state index in [1.165, 1.54) is 49.7 Å². The van der Waals surface area contributed by atoms with Crippen LogP contribution in [0, 0.1) is 0 Å². The van der Waals surface area contributed by atoms with E-state index < -0.39 is 11.7 Å². The normalized spacial score (nSPS) is 14.8. The number of halogens is 3. The summed E-state index contributed by atoms with van der Waals surface area (Å²) in [6.07, 6.45) is 6.28. The Bertz CT molecular complexity index is 1330. The Morgan fingerprint density at radius 2 is 1.49 bits per heavy atom. The third-order valence-electron chi connectivity index (χ3n) is 7.14. The lowest BCUT2D eigenvalue weighted by atomic mass is 10.0. The minimum atomic E-state index is -4.36. The highest BCUT2D eigenvalue weighted by Gasteiger charge is 2.30. The molecule has 0 N–H and O–H groups in total. The molecule has 6 rings (SSSR count). The maximum Gasteiger partial charge on any atom is 0.416 e. The van der Waals surface area contributed by atoms with E-state index in [2.05, 4.69) is 33.9 Å². The highest BCUT2D eigenvalue weighted by molar-refractivity contribution is 5.87. The molecule has 1 aliphatic heterocycles. The van der Waals surface area contributed by atoms with Crippen molar-refractivity contribution in [3.63, 3.8) is 0 Å². The minimum Gasteiger partial charge on any atom is -0.355 e. The number of nitrogens with zero attached hydrogens (tertiary/aromatic N) is 5. The number of aromatic nitrogens is 4. The summed E-state index contributed by atoms with van der Waals surface area (Å²) in [6.45, 7) is 8.30. The van der Waals surface area contributed by atoms with Gasteiger partial charge in [0, 0.05) is 25.2 Å². The summed E-state index contributed by atoms with van der Waals surface area (Å²) in [7, 11) is 0. The molecular weight excluding hydrogens is 499 g/mol. The monoisotopic (exact) mass is 537 g/mol. The lowest BCUT2D eigenvalue weighted by molar-refractivity contribution is -0.137. The maximum atomic E-state index is 13.1. The molecular formula is C31H38F3N5. The van der Waals surface area contributed by atoms with E-state index in [4.69, 9.17) is 4.98 Å². The predicted octanol–water partition coefficient (Wildman–Crippen LogP) is 8.31. The Morgan fingerprint density at radius 1 is 0.821 bits per heavy atom. The number of benzene rings is 2. The summed E-state index contributed by atoms with van der Waals surface area (Å²) in [4.78, 5) is 16.1. The van der Waals surface area contributed by atoms with E-state index >= 15 is 0 Å². The lowest BCUT2D eigenvalue weighted by Crippen LogP contribution is -2.20. The van der Waals surface area contributed by atoms with Crippen LogP contribution in [-0.4, -0.2) is 32.6 Å². The standard InChI is InChI=1S/C25H24F3N5.C4H8.C2H6/c1-2-17-6-5-7-19(14-17)23-31-22-21(24(30-16-29-22)32-12-3-4-13-32)33(23)15-18-8-10-20(11-9-18)25(26,27)28;1-2-4-3-1;1-2/h5-11,14,16H,2-4,12-13,15H2,1H3;1-4H2;1-2H3. The summed E-state index contributed by atoms with van der Waals surface area (Å²) in [6, 6.07) is 13.5. The lowest BCUT2D eigenvalue weighted by Gasteiger charge is -2.19. The van der Waals surface area contributed by atoms with Gasteiger partial charge in [-0.05, 0) is 48.6 Å². The van der Waals surface area contributed by atoms with Crippen molar-refractivity contribution in [2.24, 2.45) is 0 Å². The fourth-order valence-corrected chi connectivity index (χ4v) is 4.65. The molecule has 2 fully saturated rings. The van der Waals surface area contributed by atoms with Crippen molar-refractivity contribution in [3.8, 4) is 11.4 Å². The van der Waals surface area contributed by atoms with Crippen molar-refractivity contribution in [3.05, 3.63) is 71.5 Å². The predicted molar refractivity (Wildman–Crippen MR) is 152 cm³/mol. The molecule has 3 heterocycles. The van der Waals surface area contributed by atoms with Gasteiger partial charge < -0.3 is 9.47 Å². The molecule has 1 aliphatic carbocycles. The zero-order valence-electron chi connectivity index (χ0n) is 23.1. The summed E-state index contributed by atoms with van der Waals surface area (Å²) in [5.41, 5.74) is 3.65. The highest BCUT2D eigenvalue weighted by Crippen LogP contribution is 2.33. The van der Waals surface area contributed by atoms with Gasteiger partial charge in [0.1, 0.15) is 17.7 Å². The van der Waals surface area contributed by atoms with E-state index in [9.17, 15) is 13.2 Å². The number of fused-ring (bicyclic) bond motifs is 1. The topological polar surface area (TPSA) is 46.8 Å². The number of rotatable bonds is 5. The molecule has 0 bridgehead atoms. The van der Waals surface area contributed by atoms with Crippen LogP contribution in [0.15, 0.2) is 54.9 Å². The van der Waals surface area contributed by atoms with Gasteiger partial charge in [0.15, 0.2) is 11.5 Å². The van der Waals surface area contributed by atoms with Gasteiger partial charge in [-0.15, -0.1) is 0 Å². The third-order valence-corrected chi connectivity index (χ3v) is 7.14. The number of hydrogen-bond acceptors (Lipinski definition) is 4. The SMILES string of the molecule is C1CCC1.CC.CCc1cccc(-c2nc3ncnc(N4CCCC4)c3n2Cc2ccc(C(F)(F)F)cc2)c1. The summed E-state index contributed by atoms with van der Waals surface area (Å²) < 4.78 is 41.2. The molecule has 1 saturated carbocycles. The zero-order valence-corrected chi connectivity index (χ0v) is 23.1. The average molecular weight is 538 g/mol. The first-order valence-corrected chi connectivity index (χ1v) is 14.2. The Hall–Kier alpha value is -3.42. The van der Waals surface area contributed by atoms with Crippen molar-refractivity contribution in [2.75, 3.05) is 18.0 Å². The molecule has 0 spiro atoms. The summed E-state index contributed by atoms with van der Waals surface area (Å²) in [5.74, 6) is 1.57. The molecule has 5 nitrogen and oxygen atoms in total. The molecule has 2 aliphatic rings. The molecule has 0 amide bonds. The van der Waals surface area contributed by atoms with E-state index in [-0.39, 0.29) is 0 Å². The van der Waals surface area contributed by atoms with Crippen LogP contribution in [-0.2, 0) is 19.1 Å². The van der Waals surface area contributed by atoms with Gasteiger partial charge in [0.2, 0.25) is 0 Å². The highest BCUT2D eigenvalue weighted by atomic mass is 19.4. The molecule has 0 unspecified atom stereocenters. The van der Waals surface area contributed by atoms with E-state index in [1.54, 1.807) is 0 Å². The fourth-order valence-electron chi connectivity index (χ4n) is 4.65. The van der Waals surface area contributed by atoms with Crippen molar-refractivity contribution in [2.45, 2.75) is 78.4 Å². The van der Waals surface area contributed by atoms with Crippen molar-refractivity contribution < 1.29 is 13.2 Å². The van der Waals surface area contributed by atoms with Gasteiger partial charge in [-0.3, -0.25) is 0 Å². The van der Waals surface area contributed by atoms with E-state index in [0.29, 0.717) is 12.2 Å². The van der Waals surface area contributed by atoms with Gasteiger partial charge in [-0.1, -0.05) is 76.8 Å². The smallest absolute Gasteiger partial charge is 0.355 e. The van der Waals surface area contributed by atoms with Crippen LogP contribution in [0.3, 0.4) is 0 Å². The first-order chi connectivity index (χ1) is 18.9. The quantitative estimate of drug-likeness (QED) is 0.257.